The number of carbonyl (C=O) groups excluding carboxylic acids is 1. The summed E-state index contributed by atoms with van der Waals surface area (Å²) in [6.07, 6.45) is 0. The van der Waals surface area contributed by atoms with E-state index < -0.39 is 17.8 Å². The van der Waals surface area contributed by atoms with Gasteiger partial charge in [0.2, 0.25) is 0 Å². The summed E-state index contributed by atoms with van der Waals surface area (Å²) < 4.78 is 0. The van der Waals surface area contributed by atoms with Crippen molar-refractivity contribution in [3.8, 4) is 11.8 Å². The summed E-state index contributed by atoms with van der Waals surface area (Å²) in [6.45, 7) is 0. The molecule has 0 rings (SSSR count). The highest BCUT2D eigenvalue weighted by molar-refractivity contribution is 5.77. The minimum absolute atomic E-state index is 0.860. The van der Waals surface area contributed by atoms with Crippen LogP contribution < -0.4 is 5.73 Å². The van der Waals surface area contributed by atoms with Gasteiger partial charge in [-0.1, -0.05) is 5.92 Å². The molecule has 0 fully saturated rings. The first-order valence-electron chi connectivity index (χ1n) is 2.52. The van der Waals surface area contributed by atoms with E-state index in [2.05, 4.69) is 0 Å². The van der Waals surface area contributed by atoms with Gasteiger partial charge in [-0.05, 0) is 5.92 Å². The molecule has 5 heteroatoms. The van der Waals surface area contributed by atoms with E-state index in [4.69, 9.17) is 15.9 Å². The molecule has 1 unspecified atom stereocenters. The maximum Gasteiger partial charge on any atom is 0.333 e. The Morgan fingerprint density at radius 2 is 2.00 bits per heavy atom. The number of hydrogen-bond donors (Lipinski definition) is 3. The smallest absolute Gasteiger partial charge is 0.333 e. The van der Waals surface area contributed by atoms with Crippen LogP contribution in [0.2, 0.25) is 0 Å². The van der Waals surface area contributed by atoms with E-state index in [1.807, 2.05) is 5.92 Å². The van der Waals surface area contributed by atoms with E-state index in [0.717, 1.165) is 5.94 Å². The quantitative estimate of drug-likeness (QED) is 0.247. The van der Waals surface area contributed by atoms with E-state index >= 15 is 0 Å². The monoisotopic (exact) mass is 155 g/mol. The number of aliphatic hydroxyl groups is 1. The maximum absolute atomic E-state index is 9.98. The molecule has 0 aliphatic heterocycles. The van der Waals surface area contributed by atoms with E-state index in [9.17, 15) is 9.59 Å². The highest BCUT2D eigenvalue weighted by Gasteiger charge is 2.05. The van der Waals surface area contributed by atoms with Gasteiger partial charge in [-0.15, -0.1) is 0 Å². The molecular weight excluding hydrogens is 150 g/mol. The molecule has 11 heavy (non-hydrogen) atoms. The Morgan fingerprint density at radius 1 is 1.45 bits per heavy atom. The van der Waals surface area contributed by atoms with Gasteiger partial charge in [-0.25, -0.2) is 9.59 Å². The first kappa shape index (κ1) is 9.24. The third kappa shape index (κ3) is 3.76. The standard InChI is InChI=1S/C6H5NO4/c7-5(6(10)11)2-1-4(9)3-8/h5,9H,7H2,(H,10,11). The summed E-state index contributed by atoms with van der Waals surface area (Å²) in [7, 11) is 0. The van der Waals surface area contributed by atoms with E-state index in [1.165, 1.54) is 0 Å². The highest BCUT2D eigenvalue weighted by Crippen LogP contribution is 1.77. The molecule has 0 saturated heterocycles. The van der Waals surface area contributed by atoms with Gasteiger partial charge in [0, 0.05) is 0 Å². The summed E-state index contributed by atoms with van der Waals surface area (Å²) in [5, 5.41) is 16.5. The van der Waals surface area contributed by atoms with E-state index in [1.54, 1.807) is 5.92 Å². The second-order valence-electron chi connectivity index (χ2n) is 1.54. The third-order valence-electron chi connectivity index (χ3n) is 0.709. The van der Waals surface area contributed by atoms with Gasteiger partial charge in [0.1, 0.15) is 0 Å². The van der Waals surface area contributed by atoms with Gasteiger partial charge in [0.05, 0.1) is 0 Å². The zero-order valence-corrected chi connectivity index (χ0v) is 5.37. The fourth-order valence-electron chi connectivity index (χ4n) is 0.233. The molecule has 0 radical (unpaired) electrons. The lowest BCUT2D eigenvalue weighted by molar-refractivity contribution is -0.137. The third-order valence-corrected chi connectivity index (χ3v) is 0.709. The molecule has 0 aliphatic rings. The second kappa shape index (κ2) is 4.12. The van der Waals surface area contributed by atoms with Crippen LogP contribution in [0, 0.1) is 11.8 Å². The van der Waals surface area contributed by atoms with Gasteiger partial charge >= 0.3 is 5.97 Å². The van der Waals surface area contributed by atoms with Crippen molar-refractivity contribution >= 4 is 11.9 Å². The van der Waals surface area contributed by atoms with Crippen LogP contribution in [0.1, 0.15) is 0 Å². The normalized spacial score (nSPS) is 10.3. The van der Waals surface area contributed by atoms with Crippen LogP contribution in [0.15, 0.2) is 5.76 Å². The zero-order valence-electron chi connectivity index (χ0n) is 5.37. The molecule has 0 heterocycles. The molecule has 0 aliphatic carbocycles. The van der Waals surface area contributed by atoms with Crippen molar-refractivity contribution in [1.29, 1.82) is 0 Å². The van der Waals surface area contributed by atoms with Crippen LogP contribution in [0.3, 0.4) is 0 Å². The minimum atomic E-state index is -1.40. The summed E-state index contributed by atoms with van der Waals surface area (Å²) in [5.74, 6) is 2.59. The molecule has 0 spiro atoms. The molecule has 1 atom stereocenters. The fraction of sp³-hybridized carbons (Fsp3) is 0.167. The summed E-state index contributed by atoms with van der Waals surface area (Å²) in [5.41, 5.74) is 4.89. The van der Waals surface area contributed by atoms with Crippen molar-refractivity contribution in [1.82, 2.24) is 0 Å². The Morgan fingerprint density at radius 3 is 2.36 bits per heavy atom. The molecule has 4 N–H and O–H groups in total. The molecule has 0 aromatic carbocycles. The van der Waals surface area contributed by atoms with Gasteiger partial charge in [-0.3, -0.25) is 0 Å². The predicted molar refractivity (Wildman–Crippen MR) is 35.2 cm³/mol. The first-order valence-corrected chi connectivity index (χ1v) is 2.52. The van der Waals surface area contributed by atoms with Crippen LogP contribution in [0.25, 0.3) is 0 Å². The van der Waals surface area contributed by atoms with Crippen LogP contribution in [0.5, 0.6) is 0 Å². The lowest BCUT2D eigenvalue weighted by atomic mass is 10.3. The predicted octanol–water partition coefficient (Wildman–Crippen LogP) is -1.32. The van der Waals surface area contributed by atoms with Gasteiger partial charge in [0.15, 0.2) is 12.0 Å². The summed E-state index contributed by atoms with van der Waals surface area (Å²) in [4.78, 5) is 19.6. The lowest BCUT2D eigenvalue weighted by Crippen LogP contribution is -2.28. The number of carbonyl (C=O) groups is 1. The lowest BCUT2D eigenvalue weighted by Gasteiger charge is -1.91. The van der Waals surface area contributed by atoms with Crippen molar-refractivity contribution in [2.24, 2.45) is 5.73 Å². The highest BCUT2D eigenvalue weighted by atomic mass is 16.4. The minimum Gasteiger partial charge on any atom is -0.493 e. The Bertz CT molecular complexity index is 266. The van der Waals surface area contributed by atoms with E-state index in [0.29, 0.717) is 0 Å². The van der Waals surface area contributed by atoms with Crippen LogP contribution in [-0.4, -0.2) is 28.2 Å². The number of carboxylic acids is 1. The van der Waals surface area contributed by atoms with Crippen molar-refractivity contribution in [2.45, 2.75) is 6.04 Å². The van der Waals surface area contributed by atoms with Gasteiger partial charge < -0.3 is 15.9 Å². The Labute approximate surface area is 62.1 Å². The van der Waals surface area contributed by atoms with Crippen LogP contribution in [0.4, 0.5) is 0 Å². The number of aliphatic hydroxyl groups excluding tert-OH is 1. The van der Waals surface area contributed by atoms with Gasteiger partial charge in [0.25, 0.3) is 5.76 Å². The molecular formula is C6H5NO4. The summed E-state index contributed by atoms with van der Waals surface area (Å²) in [6, 6.07) is -1.40. The second-order valence-corrected chi connectivity index (χ2v) is 1.54. The van der Waals surface area contributed by atoms with Crippen molar-refractivity contribution in [3.63, 3.8) is 0 Å². The number of hydrogen-bond acceptors (Lipinski definition) is 4. The average molecular weight is 155 g/mol. The molecule has 0 aromatic rings. The number of nitrogens with two attached hydrogens (primary N) is 1. The fourth-order valence-corrected chi connectivity index (χ4v) is 0.233. The number of carboxylic acid groups (broad SMARTS) is 1. The number of rotatable bonds is 1. The SMILES string of the molecule is NC(C#CC(O)=C=O)C(=O)O. The maximum atomic E-state index is 9.98. The molecule has 0 aromatic heterocycles. The molecule has 5 nitrogen and oxygen atoms in total. The van der Waals surface area contributed by atoms with Crippen molar-refractivity contribution in [3.05, 3.63) is 5.76 Å². The summed E-state index contributed by atoms with van der Waals surface area (Å²) >= 11 is 0. The van der Waals surface area contributed by atoms with Gasteiger partial charge in [-0.2, -0.15) is 0 Å². The van der Waals surface area contributed by atoms with Crippen LogP contribution in [-0.2, 0) is 9.59 Å². The number of allylic oxidation sites excluding steroid dienone is 1. The van der Waals surface area contributed by atoms with Crippen molar-refractivity contribution in [2.75, 3.05) is 0 Å². The molecule has 0 bridgehead atoms. The van der Waals surface area contributed by atoms with E-state index in [-0.39, 0.29) is 0 Å². The number of aliphatic carboxylic acids is 1. The molecule has 0 amide bonds. The molecule has 58 valence electrons. The zero-order chi connectivity index (χ0) is 8.85. The average Bonchev–Trinajstić information content (AvgIpc) is 1.99. The van der Waals surface area contributed by atoms with Crippen molar-refractivity contribution < 1.29 is 19.8 Å². The topological polar surface area (TPSA) is 101 Å². The van der Waals surface area contributed by atoms with Crippen LogP contribution >= 0.6 is 0 Å². The first-order chi connectivity index (χ1) is 5.07. The Balaban J connectivity index is 4.30. The Hall–Kier alpha value is -1.76. The molecule has 0 saturated carbocycles. The Kier molecular flexibility index (Phi) is 3.46. The largest absolute Gasteiger partial charge is 0.493 e.